The molecule has 1 saturated carbocycles. The van der Waals surface area contributed by atoms with Gasteiger partial charge in [0.15, 0.2) is 27.2 Å². The van der Waals surface area contributed by atoms with Crippen LogP contribution in [0.1, 0.15) is 30.3 Å². The number of oxazole rings is 1. The third kappa shape index (κ3) is 6.20. The van der Waals surface area contributed by atoms with Crippen LogP contribution in [0.15, 0.2) is 88.3 Å². The largest absolute Gasteiger partial charge is 0.573 e. The summed E-state index contributed by atoms with van der Waals surface area (Å²) in [7, 11) is -3.54. The Hall–Kier alpha value is -4.59. The monoisotopic (exact) mass is 633 g/mol. The van der Waals surface area contributed by atoms with Crippen molar-refractivity contribution in [2.75, 3.05) is 6.26 Å². The van der Waals surface area contributed by atoms with E-state index in [0.717, 1.165) is 48.2 Å². The summed E-state index contributed by atoms with van der Waals surface area (Å²) in [5, 5.41) is 3.72. The van der Waals surface area contributed by atoms with Crippen molar-refractivity contribution in [1.29, 1.82) is 0 Å². The lowest BCUT2D eigenvalue weighted by molar-refractivity contribution is -0.274. The number of benzene rings is 3. The van der Waals surface area contributed by atoms with Crippen LogP contribution >= 0.6 is 0 Å². The molecule has 14 heteroatoms. The Bertz CT molecular complexity index is 1960. The quantitative estimate of drug-likeness (QED) is 0.169. The van der Waals surface area contributed by atoms with Crippen molar-refractivity contribution >= 4 is 9.84 Å². The number of hydrogen-bond acceptors (Lipinski definition) is 6. The van der Waals surface area contributed by atoms with E-state index < -0.39 is 33.8 Å². The number of aromatic nitrogens is 3. The number of rotatable bonds is 7. The average molecular weight is 634 g/mol. The topological polar surface area (TPSA) is 87.2 Å². The first-order chi connectivity index (χ1) is 20.7. The highest BCUT2D eigenvalue weighted by Crippen LogP contribution is 2.45. The smallest absolute Gasteiger partial charge is 0.440 e. The van der Waals surface area contributed by atoms with Gasteiger partial charge in [-0.2, -0.15) is 18.3 Å². The van der Waals surface area contributed by atoms with E-state index in [1.807, 2.05) is 0 Å². The van der Waals surface area contributed by atoms with Crippen LogP contribution in [0.4, 0.5) is 26.3 Å². The number of halogens is 6. The highest BCUT2D eigenvalue weighted by atomic mass is 32.2. The van der Waals surface area contributed by atoms with E-state index in [4.69, 9.17) is 9.40 Å². The van der Waals surface area contributed by atoms with E-state index >= 15 is 0 Å². The van der Waals surface area contributed by atoms with Crippen LogP contribution in [-0.4, -0.2) is 35.8 Å². The summed E-state index contributed by atoms with van der Waals surface area (Å²) in [6.45, 7) is 0. The van der Waals surface area contributed by atoms with Crippen LogP contribution in [0, 0.1) is 0 Å². The lowest BCUT2D eigenvalue weighted by atomic mass is 9.98. The van der Waals surface area contributed by atoms with Crippen LogP contribution in [0.25, 0.3) is 39.4 Å². The van der Waals surface area contributed by atoms with Gasteiger partial charge in [-0.15, -0.1) is 13.2 Å². The third-order valence-electron chi connectivity index (χ3n) is 6.89. The summed E-state index contributed by atoms with van der Waals surface area (Å²) in [4.78, 5) is 4.77. The van der Waals surface area contributed by atoms with E-state index in [9.17, 15) is 34.8 Å². The van der Waals surface area contributed by atoms with Crippen molar-refractivity contribution < 1.29 is 43.9 Å². The highest BCUT2D eigenvalue weighted by molar-refractivity contribution is 7.90. The molecule has 0 unspecified atom stereocenters. The summed E-state index contributed by atoms with van der Waals surface area (Å²) in [6.07, 6.45) is -5.76. The molecule has 2 aromatic heterocycles. The van der Waals surface area contributed by atoms with E-state index in [2.05, 4.69) is 9.84 Å². The molecule has 44 heavy (non-hydrogen) atoms. The van der Waals surface area contributed by atoms with Gasteiger partial charge in [0.1, 0.15) is 11.4 Å². The van der Waals surface area contributed by atoms with E-state index in [1.54, 1.807) is 24.3 Å². The zero-order chi connectivity index (χ0) is 31.4. The fourth-order valence-corrected chi connectivity index (χ4v) is 5.32. The van der Waals surface area contributed by atoms with Crippen molar-refractivity contribution in [3.8, 4) is 45.1 Å². The zero-order valence-corrected chi connectivity index (χ0v) is 23.5. The molecule has 228 valence electrons. The van der Waals surface area contributed by atoms with Gasteiger partial charge in [-0.25, -0.2) is 18.1 Å². The fourth-order valence-electron chi connectivity index (χ4n) is 4.65. The lowest BCUT2D eigenvalue weighted by Gasteiger charge is -2.13. The first-order valence-electron chi connectivity index (χ1n) is 13.1. The minimum Gasteiger partial charge on any atom is -0.440 e. The molecule has 0 spiro atoms. The van der Waals surface area contributed by atoms with Crippen molar-refractivity contribution in [3.05, 3.63) is 90.6 Å². The molecule has 6 rings (SSSR count). The Labute approximate surface area is 246 Å². The van der Waals surface area contributed by atoms with E-state index in [1.165, 1.54) is 30.3 Å². The van der Waals surface area contributed by atoms with Crippen LogP contribution < -0.4 is 4.74 Å². The number of nitrogens with zero attached hydrogens (tertiary/aromatic N) is 3. The first-order valence-corrected chi connectivity index (χ1v) is 15.0. The van der Waals surface area contributed by atoms with Crippen molar-refractivity contribution in [2.24, 2.45) is 0 Å². The third-order valence-corrected chi connectivity index (χ3v) is 8.00. The van der Waals surface area contributed by atoms with Crippen molar-refractivity contribution in [2.45, 2.75) is 36.2 Å². The molecule has 0 saturated heterocycles. The normalized spacial score (nSPS) is 14.2. The first kappa shape index (κ1) is 29.5. The second-order valence-corrected chi connectivity index (χ2v) is 12.3. The van der Waals surface area contributed by atoms with Crippen LogP contribution in [0.5, 0.6) is 5.75 Å². The van der Waals surface area contributed by atoms with Gasteiger partial charge in [0.2, 0.25) is 0 Å². The Morgan fingerprint density at radius 3 is 2.18 bits per heavy atom. The number of sulfone groups is 1. The molecule has 1 aliphatic rings. The number of hydrogen-bond donors (Lipinski definition) is 0. The predicted molar refractivity (Wildman–Crippen MR) is 147 cm³/mol. The van der Waals surface area contributed by atoms with Gasteiger partial charge >= 0.3 is 12.5 Å². The van der Waals surface area contributed by atoms with Gasteiger partial charge in [-0.05, 0) is 78.6 Å². The molecule has 1 fully saturated rings. The zero-order valence-electron chi connectivity index (χ0n) is 22.6. The van der Waals surface area contributed by atoms with Gasteiger partial charge in [0.05, 0.1) is 10.6 Å². The summed E-state index contributed by atoms with van der Waals surface area (Å²) < 4.78 is 114. The lowest BCUT2D eigenvalue weighted by Crippen LogP contribution is -2.16. The second-order valence-electron chi connectivity index (χ2n) is 10.3. The molecule has 0 radical (unpaired) electrons. The minimum absolute atomic E-state index is 0.00921. The maximum Gasteiger partial charge on any atom is 0.573 e. The maximum atomic E-state index is 13.4. The standard InChI is InChI=1S/C30H21F6N3O4S/c1-44(40,41)22-4-2-3-19(15-22)20-9-12-24(39-14-13-25(38-39)29(31,32)33)23(16-20)26-27(42-28(37-26)18-5-6-18)17-7-10-21(11-8-17)43-30(34,35)36/h2-4,7-16,18H,5-6H2,1H3. The second kappa shape index (κ2) is 10.5. The molecule has 1 aliphatic carbocycles. The average Bonchev–Trinajstić information content (AvgIpc) is 3.49. The molecule has 5 aromatic rings. The molecule has 0 N–H and O–H groups in total. The van der Waals surface area contributed by atoms with Gasteiger partial charge in [0, 0.05) is 29.5 Å². The van der Waals surface area contributed by atoms with Crippen molar-refractivity contribution in [3.63, 3.8) is 0 Å². The van der Waals surface area contributed by atoms with E-state index in [-0.39, 0.29) is 28.0 Å². The molecular formula is C30H21F6N3O4S. The van der Waals surface area contributed by atoms with Gasteiger partial charge in [0.25, 0.3) is 0 Å². The Morgan fingerprint density at radius 2 is 1.57 bits per heavy atom. The Balaban J connectivity index is 1.54. The molecule has 0 bridgehead atoms. The molecule has 0 amide bonds. The maximum absolute atomic E-state index is 13.4. The fraction of sp³-hybridized carbons (Fsp3) is 0.200. The van der Waals surface area contributed by atoms with Crippen LogP contribution in [0.2, 0.25) is 0 Å². The van der Waals surface area contributed by atoms with Gasteiger partial charge < -0.3 is 9.15 Å². The molecule has 0 aliphatic heterocycles. The minimum atomic E-state index is -4.89. The molecule has 7 nitrogen and oxygen atoms in total. The Kier molecular flexibility index (Phi) is 7.06. The van der Waals surface area contributed by atoms with Crippen molar-refractivity contribution in [1.82, 2.24) is 14.8 Å². The molecule has 3 aromatic carbocycles. The predicted octanol–water partition coefficient (Wildman–Crippen LogP) is 8.06. The van der Waals surface area contributed by atoms with Crippen LogP contribution in [-0.2, 0) is 16.0 Å². The summed E-state index contributed by atoms with van der Waals surface area (Å²) >= 11 is 0. The van der Waals surface area contributed by atoms with Gasteiger partial charge in [-0.1, -0.05) is 18.2 Å². The van der Waals surface area contributed by atoms with Gasteiger partial charge in [-0.3, -0.25) is 0 Å². The van der Waals surface area contributed by atoms with Crippen LogP contribution in [0.3, 0.4) is 0 Å². The molecular weight excluding hydrogens is 612 g/mol. The number of ether oxygens (including phenoxy) is 1. The van der Waals surface area contributed by atoms with E-state index in [0.29, 0.717) is 28.1 Å². The highest BCUT2D eigenvalue weighted by Gasteiger charge is 2.35. The number of alkyl halides is 6. The SMILES string of the molecule is CS(=O)(=O)c1cccc(-c2ccc(-n3ccc(C(F)(F)F)n3)c(-c3nc(C4CC4)oc3-c3ccc(OC(F)(F)F)cc3)c2)c1. The summed E-state index contributed by atoms with van der Waals surface area (Å²) in [5.74, 6) is 0.110. The summed E-state index contributed by atoms with van der Waals surface area (Å²) in [6, 6.07) is 16.7. The Morgan fingerprint density at radius 1 is 0.886 bits per heavy atom. The molecule has 0 atom stereocenters. The molecule has 2 heterocycles. The summed E-state index contributed by atoms with van der Waals surface area (Å²) in [5.41, 5.74) is 0.986.